The maximum Gasteiger partial charge on any atom is 0.305 e. The fraction of sp³-hybridized carbons (Fsp3) is 0.879. The van der Waals surface area contributed by atoms with Crippen molar-refractivity contribution < 1.29 is 23.8 Å². The quantitative estimate of drug-likeness (QED) is 0.303. The highest BCUT2D eigenvalue weighted by atomic mass is 16.5. The first-order chi connectivity index (χ1) is 18.1. The van der Waals surface area contributed by atoms with Crippen molar-refractivity contribution in [3.05, 3.63) is 11.3 Å². The molecule has 5 heteroatoms. The van der Waals surface area contributed by atoms with E-state index in [0.717, 1.165) is 43.4 Å². The molecule has 1 heterocycles. The molecule has 0 unspecified atom stereocenters. The largest absolute Gasteiger partial charge is 0.494 e. The normalized spacial score (nSPS) is 42.3. The van der Waals surface area contributed by atoms with Gasteiger partial charge in [-0.2, -0.15) is 0 Å². The van der Waals surface area contributed by atoms with Crippen LogP contribution in [-0.4, -0.2) is 30.8 Å². The Morgan fingerprint density at radius 2 is 1.71 bits per heavy atom. The smallest absolute Gasteiger partial charge is 0.305 e. The summed E-state index contributed by atoms with van der Waals surface area (Å²) in [5, 5.41) is 0. The second-order valence-electron chi connectivity index (χ2n) is 14.1. The molecule has 0 aromatic rings. The van der Waals surface area contributed by atoms with Crippen LogP contribution < -0.4 is 0 Å². The van der Waals surface area contributed by atoms with Crippen LogP contribution in [0.15, 0.2) is 11.3 Å². The maximum absolute atomic E-state index is 11.9. The van der Waals surface area contributed by atoms with Crippen molar-refractivity contribution >= 4 is 11.9 Å². The summed E-state index contributed by atoms with van der Waals surface area (Å²) in [7, 11) is 0. The van der Waals surface area contributed by atoms with Crippen molar-refractivity contribution in [2.45, 2.75) is 131 Å². The molecule has 38 heavy (non-hydrogen) atoms. The monoisotopic (exact) mass is 528 g/mol. The standard InChI is InChI=1S/C33H52O5/c1-7-29(34)36-19-20(3)9-12-27-21(4)31-28(38-27)18-26-24-11-10-22-17-23(37-30(35)8-2)13-15-32(22,5)25(24)14-16-33(26,31)6/h20,22-26,28,31H,7-19H2,1-6H3/t20-,22-,23-,24+,25-,26-,28+,31-,32-,33-/m0/s1. The van der Waals surface area contributed by atoms with Crippen molar-refractivity contribution in [3.8, 4) is 0 Å². The predicted octanol–water partition coefficient (Wildman–Crippen LogP) is 7.62. The van der Waals surface area contributed by atoms with Gasteiger partial charge in [0.15, 0.2) is 0 Å². The molecule has 5 nitrogen and oxygen atoms in total. The Hall–Kier alpha value is -1.52. The van der Waals surface area contributed by atoms with Gasteiger partial charge in [-0.1, -0.05) is 34.6 Å². The highest BCUT2D eigenvalue weighted by molar-refractivity contribution is 5.69. The minimum absolute atomic E-state index is 0.0320. The number of hydrogen-bond acceptors (Lipinski definition) is 5. The molecule has 1 aliphatic heterocycles. The van der Waals surface area contributed by atoms with Gasteiger partial charge in [0, 0.05) is 25.2 Å². The van der Waals surface area contributed by atoms with E-state index in [9.17, 15) is 9.59 Å². The molecule has 0 spiro atoms. The van der Waals surface area contributed by atoms with Crippen LogP contribution in [0.3, 0.4) is 0 Å². The molecule has 0 bridgehead atoms. The molecule has 10 atom stereocenters. The Morgan fingerprint density at radius 3 is 2.45 bits per heavy atom. The third-order valence-corrected chi connectivity index (χ3v) is 12.1. The summed E-state index contributed by atoms with van der Waals surface area (Å²) < 4.78 is 17.9. The van der Waals surface area contributed by atoms with Crippen molar-refractivity contribution in [2.75, 3.05) is 6.61 Å². The van der Waals surface area contributed by atoms with Crippen LogP contribution in [0.1, 0.15) is 119 Å². The van der Waals surface area contributed by atoms with Crippen LogP contribution in [0, 0.1) is 46.3 Å². The molecule has 5 aliphatic rings. The van der Waals surface area contributed by atoms with Gasteiger partial charge in [-0.05, 0) is 111 Å². The van der Waals surface area contributed by atoms with Gasteiger partial charge in [0.25, 0.3) is 0 Å². The summed E-state index contributed by atoms with van der Waals surface area (Å²) in [6.07, 6.45) is 13.2. The van der Waals surface area contributed by atoms with Gasteiger partial charge < -0.3 is 14.2 Å². The summed E-state index contributed by atoms with van der Waals surface area (Å²) >= 11 is 0. The van der Waals surface area contributed by atoms with E-state index in [0.29, 0.717) is 54.1 Å². The molecule has 4 aliphatic carbocycles. The van der Waals surface area contributed by atoms with Gasteiger partial charge in [-0.25, -0.2) is 0 Å². The fourth-order valence-electron chi connectivity index (χ4n) is 9.98. The second kappa shape index (κ2) is 10.8. The fourth-order valence-corrected chi connectivity index (χ4v) is 9.98. The molecule has 214 valence electrons. The Morgan fingerprint density at radius 1 is 0.974 bits per heavy atom. The molecule has 0 aromatic carbocycles. The summed E-state index contributed by atoms with van der Waals surface area (Å²) in [6.45, 7) is 13.9. The third-order valence-electron chi connectivity index (χ3n) is 12.1. The number of rotatable bonds is 8. The SMILES string of the molecule is CCC(=O)OC[C@@H](C)CCC1=C(C)[C@H]2[C@@H](C[C@H]3[C@@H]4CC[C@H]5C[C@@H](OC(=O)CC)CC[C@]5(C)[C@H]4CC[C@@]32C)O1. The summed E-state index contributed by atoms with van der Waals surface area (Å²) in [6, 6.07) is 0. The van der Waals surface area contributed by atoms with Crippen molar-refractivity contribution in [1.82, 2.24) is 0 Å². The number of allylic oxidation sites excluding steroid dienone is 1. The topological polar surface area (TPSA) is 61.8 Å². The molecule has 0 N–H and O–H groups in total. The summed E-state index contributed by atoms with van der Waals surface area (Å²) in [5.74, 6) is 5.07. The highest BCUT2D eigenvalue weighted by Crippen LogP contribution is 2.69. The summed E-state index contributed by atoms with van der Waals surface area (Å²) in [5.41, 5.74) is 2.25. The first kappa shape index (κ1) is 28.0. The highest BCUT2D eigenvalue weighted by Gasteiger charge is 2.64. The zero-order chi connectivity index (χ0) is 27.2. The lowest BCUT2D eigenvalue weighted by atomic mass is 9.44. The van der Waals surface area contributed by atoms with Crippen molar-refractivity contribution in [1.29, 1.82) is 0 Å². The maximum atomic E-state index is 11.9. The zero-order valence-electron chi connectivity index (χ0n) is 24.9. The van der Waals surface area contributed by atoms with Crippen LogP contribution >= 0.6 is 0 Å². The van der Waals surface area contributed by atoms with E-state index >= 15 is 0 Å². The minimum Gasteiger partial charge on any atom is -0.494 e. The molecule has 4 fully saturated rings. The lowest BCUT2D eigenvalue weighted by Gasteiger charge is -2.61. The first-order valence-electron chi connectivity index (χ1n) is 15.8. The predicted molar refractivity (Wildman–Crippen MR) is 148 cm³/mol. The van der Waals surface area contributed by atoms with E-state index in [1.54, 1.807) is 0 Å². The Kier molecular flexibility index (Phi) is 7.97. The second-order valence-corrected chi connectivity index (χ2v) is 14.1. The molecule has 0 aromatic heterocycles. The van der Waals surface area contributed by atoms with Crippen LogP contribution in [0.2, 0.25) is 0 Å². The van der Waals surface area contributed by atoms with Gasteiger partial charge in [0.1, 0.15) is 12.2 Å². The van der Waals surface area contributed by atoms with Crippen molar-refractivity contribution in [3.63, 3.8) is 0 Å². The van der Waals surface area contributed by atoms with E-state index in [-0.39, 0.29) is 18.0 Å². The molecule has 0 saturated heterocycles. The number of ether oxygens (including phenoxy) is 3. The van der Waals surface area contributed by atoms with E-state index in [1.807, 2.05) is 13.8 Å². The first-order valence-corrected chi connectivity index (χ1v) is 15.8. The van der Waals surface area contributed by atoms with E-state index in [2.05, 4.69) is 27.7 Å². The third kappa shape index (κ3) is 4.83. The Balaban J connectivity index is 1.23. The number of carbonyl (C=O) groups is 2. The Labute approximate surface area is 230 Å². The average Bonchev–Trinajstić information content (AvgIpc) is 3.38. The number of fused-ring (bicyclic) bond motifs is 7. The van der Waals surface area contributed by atoms with Crippen molar-refractivity contribution in [2.24, 2.45) is 46.3 Å². The van der Waals surface area contributed by atoms with Crippen LogP contribution in [-0.2, 0) is 23.8 Å². The lowest BCUT2D eigenvalue weighted by molar-refractivity contribution is -0.161. The van der Waals surface area contributed by atoms with Gasteiger partial charge in [-0.15, -0.1) is 0 Å². The Bertz CT molecular complexity index is 940. The number of hydrogen-bond donors (Lipinski definition) is 0. The zero-order valence-corrected chi connectivity index (χ0v) is 24.9. The average molecular weight is 529 g/mol. The van der Waals surface area contributed by atoms with Crippen LogP contribution in [0.25, 0.3) is 0 Å². The van der Waals surface area contributed by atoms with Crippen LogP contribution in [0.4, 0.5) is 0 Å². The summed E-state index contributed by atoms with van der Waals surface area (Å²) in [4.78, 5) is 23.5. The van der Waals surface area contributed by atoms with Crippen LogP contribution in [0.5, 0.6) is 0 Å². The molecular formula is C33H52O5. The van der Waals surface area contributed by atoms with E-state index in [1.165, 1.54) is 49.9 Å². The number of carbonyl (C=O) groups excluding carboxylic acids is 2. The molecule has 4 saturated carbocycles. The van der Waals surface area contributed by atoms with Gasteiger partial charge in [0.05, 0.1) is 12.4 Å². The molecular weight excluding hydrogens is 476 g/mol. The molecule has 0 radical (unpaired) electrons. The number of esters is 2. The lowest BCUT2D eigenvalue weighted by Crippen LogP contribution is -2.54. The van der Waals surface area contributed by atoms with E-state index in [4.69, 9.17) is 14.2 Å². The van der Waals surface area contributed by atoms with E-state index < -0.39 is 0 Å². The van der Waals surface area contributed by atoms with Gasteiger partial charge in [-0.3, -0.25) is 9.59 Å². The molecule has 0 amide bonds. The van der Waals surface area contributed by atoms with Gasteiger partial charge >= 0.3 is 11.9 Å². The minimum atomic E-state index is -0.107. The molecule has 5 rings (SSSR count). The van der Waals surface area contributed by atoms with Gasteiger partial charge in [0.2, 0.25) is 0 Å².